The van der Waals surface area contributed by atoms with E-state index in [-0.39, 0.29) is 24.5 Å². The Morgan fingerprint density at radius 3 is 2.57 bits per heavy atom. The van der Waals surface area contributed by atoms with Gasteiger partial charge in [0.25, 0.3) is 11.3 Å². The molecule has 1 aromatic rings. The molecule has 2 amide bonds. The van der Waals surface area contributed by atoms with E-state index in [1.165, 1.54) is 18.5 Å². The van der Waals surface area contributed by atoms with Crippen LogP contribution in [-0.4, -0.2) is 94.9 Å². The highest BCUT2D eigenvalue weighted by Crippen LogP contribution is 2.23. The molecule has 1 N–H and O–H groups in total. The van der Waals surface area contributed by atoms with Gasteiger partial charge in [0.2, 0.25) is 5.91 Å². The number of rotatable bonds is 6. The molecule has 2 heterocycles. The number of carbonyl (C=O) groups is 2. The number of benzene rings is 1. The summed E-state index contributed by atoms with van der Waals surface area (Å²) in [4.78, 5) is 31.1. The van der Waals surface area contributed by atoms with Gasteiger partial charge in [0, 0.05) is 33.2 Å². The van der Waals surface area contributed by atoms with E-state index in [0.29, 0.717) is 30.9 Å². The first-order valence-electron chi connectivity index (χ1n) is 10.2. The van der Waals surface area contributed by atoms with Gasteiger partial charge in [-0.05, 0) is 37.6 Å². The van der Waals surface area contributed by atoms with Crippen LogP contribution in [0.4, 0.5) is 10.5 Å². The minimum atomic E-state index is -2.17. The first-order chi connectivity index (χ1) is 14.4. The second kappa shape index (κ2) is 10.2. The molecule has 9 nitrogen and oxygen atoms in total. The lowest BCUT2D eigenvalue weighted by Gasteiger charge is -2.42. The molecule has 2 fully saturated rings. The van der Waals surface area contributed by atoms with Crippen molar-refractivity contribution < 1.29 is 23.1 Å². The van der Waals surface area contributed by atoms with Gasteiger partial charge in [-0.3, -0.25) is 13.7 Å². The largest absolute Gasteiger partial charge is 0.453 e. The highest BCUT2D eigenvalue weighted by Gasteiger charge is 2.34. The molecule has 2 saturated heterocycles. The minimum Gasteiger partial charge on any atom is -0.453 e. The number of anilines is 1. The number of nitrogens with zero attached hydrogens (tertiary/aromatic N) is 4. The van der Waals surface area contributed by atoms with Crippen molar-refractivity contribution in [3.8, 4) is 0 Å². The van der Waals surface area contributed by atoms with Gasteiger partial charge in [-0.2, -0.15) is 0 Å². The summed E-state index contributed by atoms with van der Waals surface area (Å²) in [5, 5.41) is 0. The Bertz CT molecular complexity index is 786. The Hall–Kier alpha value is -2.17. The van der Waals surface area contributed by atoms with Crippen LogP contribution in [0.5, 0.6) is 0 Å². The number of para-hydroxylation sites is 1. The van der Waals surface area contributed by atoms with E-state index in [1.54, 1.807) is 23.1 Å². The number of piperazine rings is 1. The average Bonchev–Trinajstić information content (AvgIpc) is 3.26. The van der Waals surface area contributed by atoms with Crippen molar-refractivity contribution in [3.05, 3.63) is 29.8 Å². The monoisotopic (exact) mass is 438 g/mol. The lowest BCUT2D eigenvalue weighted by molar-refractivity contribution is -0.135. The summed E-state index contributed by atoms with van der Waals surface area (Å²) >= 11 is -2.17. The molecule has 0 aromatic heterocycles. The topological polar surface area (TPSA) is 93.6 Å². The van der Waals surface area contributed by atoms with Gasteiger partial charge in [-0.1, -0.05) is 18.2 Å². The number of hydrogen-bond donors (Lipinski definition) is 1. The van der Waals surface area contributed by atoms with Gasteiger partial charge in [0.1, 0.15) is 0 Å². The highest BCUT2D eigenvalue weighted by atomic mass is 32.2. The number of methoxy groups -OCH3 is 1. The van der Waals surface area contributed by atoms with E-state index in [0.717, 1.165) is 32.5 Å². The van der Waals surface area contributed by atoms with Crippen LogP contribution < -0.4 is 4.31 Å². The van der Waals surface area contributed by atoms with Crippen LogP contribution in [0.2, 0.25) is 0 Å². The summed E-state index contributed by atoms with van der Waals surface area (Å²) in [5.74, 6) is -0.0479. The number of carbonyl (C=O) groups excluding carboxylic acids is 2. The summed E-state index contributed by atoms with van der Waals surface area (Å²) in [6, 6.07) is 7.01. The second-order valence-electron chi connectivity index (χ2n) is 7.70. The Labute approximate surface area is 180 Å². The molecule has 2 aliphatic rings. The van der Waals surface area contributed by atoms with Gasteiger partial charge >= 0.3 is 6.09 Å². The van der Waals surface area contributed by atoms with Crippen molar-refractivity contribution in [1.29, 1.82) is 0 Å². The molecule has 10 heteroatoms. The quantitative estimate of drug-likeness (QED) is 0.671. The minimum absolute atomic E-state index is 0.0479. The summed E-state index contributed by atoms with van der Waals surface area (Å²) < 4.78 is 27.0. The first-order valence-corrected chi connectivity index (χ1v) is 11.2. The van der Waals surface area contributed by atoms with Crippen molar-refractivity contribution >= 4 is 29.0 Å². The predicted molar refractivity (Wildman–Crippen MR) is 114 cm³/mol. The molecular weight excluding hydrogens is 408 g/mol. The average molecular weight is 439 g/mol. The van der Waals surface area contributed by atoms with Crippen LogP contribution in [0.25, 0.3) is 0 Å². The number of likely N-dealkylation sites (tertiary alicyclic amines) is 1. The standard InChI is InChI=1S/C20H30N4O5S/c1-21(30(27)28)18-8-4-3-7-16(18)13-19(25)24-12-11-23(20(26)29-2)15-17(24)14-22-9-5-6-10-22/h3-4,7-8,17H,5-6,9-15H2,1-2H3,(H,27,28)/t17-/m1/s1. The Kier molecular flexibility index (Phi) is 7.68. The van der Waals surface area contributed by atoms with E-state index < -0.39 is 11.3 Å². The fourth-order valence-electron chi connectivity index (χ4n) is 4.21. The highest BCUT2D eigenvalue weighted by molar-refractivity contribution is 7.80. The van der Waals surface area contributed by atoms with Gasteiger partial charge < -0.3 is 19.4 Å². The van der Waals surface area contributed by atoms with Gasteiger partial charge in [-0.25, -0.2) is 9.00 Å². The van der Waals surface area contributed by atoms with E-state index in [4.69, 9.17) is 4.74 Å². The smallest absolute Gasteiger partial charge is 0.409 e. The fraction of sp³-hybridized carbons (Fsp3) is 0.600. The number of hydrogen-bond acceptors (Lipinski definition) is 5. The number of ether oxygens (including phenoxy) is 1. The van der Waals surface area contributed by atoms with Crippen molar-refractivity contribution in [1.82, 2.24) is 14.7 Å². The molecule has 1 unspecified atom stereocenters. The van der Waals surface area contributed by atoms with Gasteiger partial charge in [0.05, 0.1) is 25.3 Å². The fourth-order valence-corrected chi connectivity index (χ4v) is 4.56. The van der Waals surface area contributed by atoms with Crippen molar-refractivity contribution in [2.24, 2.45) is 0 Å². The van der Waals surface area contributed by atoms with Crippen LogP contribution in [0.1, 0.15) is 18.4 Å². The summed E-state index contributed by atoms with van der Waals surface area (Å²) in [6.45, 7) is 4.05. The van der Waals surface area contributed by atoms with Crippen LogP contribution in [0.15, 0.2) is 24.3 Å². The maximum Gasteiger partial charge on any atom is 0.409 e. The first kappa shape index (κ1) is 22.5. The lowest BCUT2D eigenvalue weighted by Crippen LogP contribution is -2.59. The third kappa shape index (κ3) is 5.30. The molecule has 2 atom stereocenters. The third-order valence-electron chi connectivity index (χ3n) is 5.81. The maximum atomic E-state index is 13.3. The number of amides is 2. The molecule has 1 aromatic carbocycles. The summed E-state index contributed by atoms with van der Waals surface area (Å²) in [6.07, 6.45) is 2.07. The predicted octanol–water partition coefficient (Wildman–Crippen LogP) is 1.18. The maximum absolute atomic E-state index is 13.3. The molecule has 3 rings (SSSR count). The zero-order valence-electron chi connectivity index (χ0n) is 17.5. The van der Waals surface area contributed by atoms with Crippen molar-refractivity contribution in [3.63, 3.8) is 0 Å². The van der Waals surface area contributed by atoms with Crippen LogP contribution in [0, 0.1) is 0 Å². The van der Waals surface area contributed by atoms with E-state index in [9.17, 15) is 18.4 Å². The normalized spacial score (nSPS) is 20.8. The van der Waals surface area contributed by atoms with E-state index in [1.807, 2.05) is 11.0 Å². The van der Waals surface area contributed by atoms with Crippen LogP contribution >= 0.6 is 0 Å². The molecule has 0 aliphatic carbocycles. The Balaban J connectivity index is 1.76. The molecule has 30 heavy (non-hydrogen) atoms. The van der Waals surface area contributed by atoms with Crippen molar-refractivity contribution in [2.45, 2.75) is 25.3 Å². The Morgan fingerprint density at radius 2 is 1.90 bits per heavy atom. The van der Waals surface area contributed by atoms with E-state index in [2.05, 4.69) is 4.90 Å². The SMILES string of the molecule is COC(=O)N1CCN(C(=O)Cc2ccccc2N(C)S(=O)O)[C@H](CN2CCCC2)C1. The Morgan fingerprint density at radius 1 is 1.20 bits per heavy atom. The van der Waals surface area contributed by atoms with Crippen molar-refractivity contribution in [2.75, 3.05) is 57.7 Å². The van der Waals surface area contributed by atoms with Gasteiger partial charge in [-0.15, -0.1) is 0 Å². The molecule has 166 valence electrons. The van der Waals surface area contributed by atoms with Gasteiger partial charge in [0.15, 0.2) is 0 Å². The summed E-state index contributed by atoms with van der Waals surface area (Å²) in [5.41, 5.74) is 1.25. The van der Waals surface area contributed by atoms with Crippen LogP contribution in [-0.2, 0) is 27.2 Å². The molecule has 0 radical (unpaired) electrons. The zero-order chi connectivity index (χ0) is 21.7. The van der Waals surface area contributed by atoms with Crippen LogP contribution in [0.3, 0.4) is 0 Å². The molecule has 2 aliphatic heterocycles. The van der Waals surface area contributed by atoms with E-state index >= 15 is 0 Å². The molecule has 0 bridgehead atoms. The zero-order valence-corrected chi connectivity index (χ0v) is 18.3. The lowest BCUT2D eigenvalue weighted by atomic mass is 10.1. The molecule has 0 saturated carbocycles. The second-order valence-corrected chi connectivity index (χ2v) is 8.71. The molecular formula is C20H30N4O5S. The summed E-state index contributed by atoms with van der Waals surface area (Å²) in [7, 11) is 2.89. The molecule has 0 spiro atoms. The third-order valence-corrected chi connectivity index (χ3v) is 6.48.